The van der Waals surface area contributed by atoms with E-state index in [2.05, 4.69) is 30.9 Å². The van der Waals surface area contributed by atoms with E-state index in [-0.39, 0.29) is 47.4 Å². The van der Waals surface area contributed by atoms with Gasteiger partial charge < -0.3 is 35.3 Å². The van der Waals surface area contributed by atoms with E-state index in [1.54, 1.807) is 45.9 Å². The van der Waals surface area contributed by atoms with Gasteiger partial charge in [-0.25, -0.2) is 18.8 Å². The Morgan fingerprint density at radius 2 is 1.84 bits per heavy atom. The molecule has 0 radical (unpaired) electrons. The van der Waals surface area contributed by atoms with Crippen LogP contribution in [0.2, 0.25) is 0 Å². The van der Waals surface area contributed by atoms with Gasteiger partial charge in [-0.1, -0.05) is 0 Å². The number of H-pyrrole nitrogens is 2. The summed E-state index contributed by atoms with van der Waals surface area (Å²) in [5, 5.41) is 16.7. The topological polar surface area (TPSA) is 200 Å². The van der Waals surface area contributed by atoms with Gasteiger partial charge in [0.15, 0.2) is 23.1 Å². The van der Waals surface area contributed by atoms with E-state index in [0.29, 0.717) is 16.9 Å². The number of alkyl carbamates (subject to hydrolysis) is 1. The fraction of sp³-hybridized carbons (Fsp3) is 0.345. The van der Waals surface area contributed by atoms with Crippen molar-refractivity contribution in [1.29, 1.82) is 0 Å². The van der Waals surface area contributed by atoms with Gasteiger partial charge in [0.25, 0.3) is 0 Å². The van der Waals surface area contributed by atoms with E-state index < -0.39 is 35.2 Å². The molecule has 4 aromatic rings. The van der Waals surface area contributed by atoms with E-state index in [4.69, 9.17) is 24.7 Å². The highest BCUT2D eigenvalue weighted by molar-refractivity contribution is 5.92. The van der Waals surface area contributed by atoms with Crippen LogP contribution in [-0.4, -0.2) is 63.5 Å². The minimum Gasteiger partial charge on any atom is -0.493 e. The number of anilines is 2. The van der Waals surface area contributed by atoms with Gasteiger partial charge >= 0.3 is 17.8 Å². The SMILES string of the molecule is CCOC(=O)c1c[nH]nc1-n1nc(C(Nc2ccc(N)c(CNC(=O)OC(C)(C)C)c2)c2cc(OC)c(OC)cc2F)[nH]c1=O. The van der Waals surface area contributed by atoms with Crippen LogP contribution in [0.3, 0.4) is 0 Å². The number of methoxy groups -OCH3 is 2. The lowest BCUT2D eigenvalue weighted by molar-refractivity contribution is 0.0514. The summed E-state index contributed by atoms with van der Waals surface area (Å²) in [4.78, 5) is 40.4. The van der Waals surface area contributed by atoms with Crippen molar-refractivity contribution in [2.45, 2.75) is 45.9 Å². The zero-order valence-corrected chi connectivity index (χ0v) is 25.6. The third-order valence-corrected chi connectivity index (χ3v) is 6.31. The Labute approximate surface area is 257 Å². The number of rotatable bonds is 11. The normalized spacial score (nSPS) is 11.9. The molecule has 6 N–H and O–H groups in total. The summed E-state index contributed by atoms with van der Waals surface area (Å²) in [6.07, 6.45) is 0.646. The average Bonchev–Trinajstić information content (AvgIpc) is 3.62. The van der Waals surface area contributed by atoms with E-state index >= 15 is 4.39 Å². The maximum absolute atomic E-state index is 15.7. The lowest BCUT2D eigenvalue weighted by atomic mass is 10.0. The maximum atomic E-state index is 15.7. The zero-order valence-electron chi connectivity index (χ0n) is 25.6. The first kappa shape index (κ1) is 32.4. The minimum atomic E-state index is -1.13. The average molecular weight is 627 g/mol. The highest BCUT2D eigenvalue weighted by atomic mass is 19.1. The Morgan fingerprint density at radius 3 is 2.51 bits per heavy atom. The number of esters is 1. The van der Waals surface area contributed by atoms with Crippen LogP contribution in [0.25, 0.3) is 5.82 Å². The molecular formula is C29H35FN8O7. The van der Waals surface area contributed by atoms with Crippen molar-refractivity contribution < 1.29 is 32.9 Å². The van der Waals surface area contributed by atoms with Crippen LogP contribution in [0.5, 0.6) is 11.5 Å². The molecule has 1 atom stereocenters. The Bertz CT molecular complexity index is 1740. The third kappa shape index (κ3) is 7.52. The number of halogens is 1. The molecule has 240 valence electrons. The standard InChI is InChI=1S/C29H35FN8O7/c1-7-44-26(39)18-14-33-36-25(18)38-27(40)35-24(37-38)23(17-11-21(42-5)22(43-6)12-19(17)30)34-16-8-9-20(31)15(10-16)13-32-28(41)45-29(2,3)4/h8-12,14,23,34H,7,13,31H2,1-6H3,(H,32,41)(H,33,36)(H,35,37,40). The second kappa shape index (κ2) is 13.4. The van der Waals surface area contributed by atoms with Crippen LogP contribution >= 0.6 is 0 Å². The molecule has 1 amide bonds. The lowest BCUT2D eigenvalue weighted by Crippen LogP contribution is -2.32. The van der Waals surface area contributed by atoms with Gasteiger partial charge in [0, 0.05) is 35.7 Å². The Hall–Kier alpha value is -5.54. The number of benzene rings is 2. The second-order valence-corrected chi connectivity index (χ2v) is 10.6. The quantitative estimate of drug-likeness (QED) is 0.121. The maximum Gasteiger partial charge on any atom is 0.407 e. The number of hydrogen-bond acceptors (Lipinski definition) is 11. The first-order valence-electron chi connectivity index (χ1n) is 13.8. The molecule has 0 bridgehead atoms. The predicted molar refractivity (Wildman–Crippen MR) is 161 cm³/mol. The summed E-state index contributed by atoms with van der Waals surface area (Å²) >= 11 is 0. The summed E-state index contributed by atoms with van der Waals surface area (Å²) < 4.78 is 37.5. The van der Waals surface area contributed by atoms with Crippen LogP contribution in [-0.2, 0) is 16.0 Å². The molecule has 45 heavy (non-hydrogen) atoms. The van der Waals surface area contributed by atoms with Gasteiger partial charge in [-0.2, -0.15) is 9.78 Å². The summed E-state index contributed by atoms with van der Waals surface area (Å²) in [6.45, 7) is 7.01. The summed E-state index contributed by atoms with van der Waals surface area (Å²) in [7, 11) is 2.77. The van der Waals surface area contributed by atoms with Crippen LogP contribution < -0.4 is 31.5 Å². The number of amides is 1. The zero-order chi connectivity index (χ0) is 32.9. The van der Waals surface area contributed by atoms with Gasteiger partial charge in [0.05, 0.1) is 20.8 Å². The third-order valence-electron chi connectivity index (χ3n) is 6.31. The summed E-state index contributed by atoms with van der Waals surface area (Å²) in [5.41, 5.74) is 6.08. The second-order valence-electron chi connectivity index (χ2n) is 10.6. The molecule has 0 fully saturated rings. The molecule has 0 spiro atoms. The Morgan fingerprint density at radius 1 is 1.13 bits per heavy atom. The summed E-state index contributed by atoms with van der Waals surface area (Å²) in [5.74, 6) is -1.19. The molecule has 2 heterocycles. The fourth-order valence-corrected chi connectivity index (χ4v) is 4.30. The van der Waals surface area contributed by atoms with Crippen LogP contribution in [0.1, 0.15) is 61.0 Å². The number of aromatic amines is 2. The number of hydrogen-bond donors (Lipinski definition) is 5. The number of nitrogens with one attached hydrogen (secondary N) is 4. The first-order chi connectivity index (χ1) is 21.3. The molecule has 0 aliphatic heterocycles. The lowest BCUT2D eigenvalue weighted by Gasteiger charge is -2.22. The minimum absolute atomic E-state index is 0.0283. The number of carbonyl (C=O) groups is 2. The van der Waals surface area contributed by atoms with Crippen molar-refractivity contribution in [3.63, 3.8) is 0 Å². The van der Waals surface area contributed by atoms with E-state index in [9.17, 15) is 14.4 Å². The van der Waals surface area contributed by atoms with Crippen molar-refractivity contribution in [3.05, 3.63) is 75.3 Å². The number of carbonyl (C=O) groups excluding carboxylic acids is 2. The van der Waals surface area contributed by atoms with Gasteiger partial charge in [0.2, 0.25) is 0 Å². The molecule has 16 heteroatoms. The van der Waals surface area contributed by atoms with Crippen LogP contribution in [0.15, 0.2) is 41.3 Å². The molecule has 4 rings (SSSR count). The number of aromatic nitrogens is 5. The van der Waals surface area contributed by atoms with Crippen molar-refractivity contribution in [3.8, 4) is 17.3 Å². The van der Waals surface area contributed by atoms with Crippen LogP contribution in [0.4, 0.5) is 20.6 Å². The Balaban J connectivity index is 1.76. The van der Waals surface area contributed by atoms with Gasteiger partial charge in [0.1, 0.15) is 23.0 Å². The largest absolute Gasteiger partial charge is 0.493 e. The Kier molecular flexibility index (Phi) is 9.64. The number of nitrogens with two attached hydrogens (primary N) is 1. The number of ether oxygens (including phenoxy) is 4. The molecule has 15 nitrogen and oxygen atoms in total. The highest BCUT2D eigenvalue weighted by Gasteiger charge is 2.28. The highest BCUT2D eigenvalue weighted by Crippen LogP contribution is 2.35. The number of nitrogens with zero attached hydrogens (tertiary/aromatic N) is 3. The molecule has 0 saturated heterocycles. The van der Waals surface area contributed by atoms with Crippen molar-refractivity contribution in [1.82, 2.24) is 30.3 Å². The smallest absolute Gasteiger partial charge is 0.407 e. The molecular weight excluding hydrogens is 591 g/mol. The van der Waals surface area contributed by atoms with Gasteiger partial charge in [-0.05, 0) is 57.5 Å². The monoisotopic (exact) mass is 626 g/mol. The predicted octanol–water partition coefficient (Wildman–Crippen LogP) is 3.43. The van der Waals surface area contributed by atoms with Crippen LogP contribution in [0, 0.1) is 5.82 Å². The van der Waals surface area contributed by atoms with Crippen molar-refractivity contribution >= 4 is 23.4 Å². The molecule has 2 aromatic heterocycles. The summed E-state index contributed by atoms with van der Waals surface area (Å²) in [6, 6.07) is 6.32. The fourth-order valence-electron chi connectivity index (χ4n) is 4.30. The van der Waals surface area contributed by atoms with Gasteiger partial charge in [-0.15, -0.1) is 5.10 Å². The van der Waals surface area contributed by atoms with Gasteiger partial charge in [-0.3, -0.25) is 10.1 Å². The molecule has 0 aliphatic rings. The van der Waals surface area contributed by atoms with E-state index in [1.807, 2.05) is 0 Å². The van der Waals surface area contributed by atoms with Crippen molar-refractivity contribution in [2.24, 2.45) is 0 Å². The first-order valence-corrected chi connectivity index (χ1v) is 13.8. The molecule has 1 unspecified atom stereocenters. The van der Waals surface area contributed by atoms with E-state index in [0.717, 1.165) is 10.7 Å². The molecule has 0 aliphatic carbocycles. The molecule has 0 saturated carbocycles. The number of nitrogen functional groups attached to an aromatic ring is 1. The van der Waals surface area contributed by atoms with E-state index in [1.165, 1.54) is 26.5 Å². The molecule has 2 aromatic carbocycles. The van der Waals surface area contributed by atoms with Crippen molar-refractivity contribution in [2.75, 3.05) is 31.9 Å².